The topological polar surface area (TPSA) is 46.4 Å². The molecule has 3 rings (SSSR count). The highest BCUT2D eigenvalue weighted by Gasteiger charge is 2.18. The summed E-state index contributed by atoms with van der Waals surface area (Å²) in [6, 6.07) is 4.01. The van der Waals surface area contributed by atoms with Crippen molar-refractivity contribution in [1.29, 1.82) is 0 Å². The molecule has 3 heterocycles. The van der Waals surface area contributed by atoms with Gasteiger partial charge in [-0.3, -0.25) is 4.79 Å². The van der Waals surface area contributed by atoms with Gasteiger partial charge < -0.3 is 9.72 Å². The number of aldehydes is 1. The fraction of sp³-hybridized carbons (Fsp3) is 0.385. The molecule has 1 fully saturated rings. The molecule has 1 saturated heterocycles. The molecule has 1 aliphatic rings. The third kappa shape index (κ3) is 1.85. The maximum Gasteiger partial charge on any atom is 0.153 e. The molecule has 2 aromatic heterocycles. The number of piperidine rings is 1. The van der Waals surface area contributed by atoms with Gasteiger partial charge in [0.15, 0.2) is 6.29 Å². The first-order chi connectivity index (χ1) is 8.38. The number of nitrogens with one attached hydrogen (secondary N) is 1. The fourth-order valence-corrected chi connectivity index (χ4v) is 2.42. The van der Waals surface area contributed by atoms with Crippen molar-refractivity contribution in [2.45, 2.75) is 25.3 Å². The summed E-state index contributed by atoms with van der Waals surface area (Å²) in [4.78, 5) is 15.5. The van der Waals surface area contributed by atoms with E-state index >= 15 is 0 Å². The Bertz CT molecular complexity index is 541. The Balaban J connectivity index is 2.03. The van der Waals surface area contributed by atoms with Crippen molar-refractivity contribution in [2.75, 3.05) is 6.54 Å². The van der Waals surface area contributed by atoms with Gasteiger partial charge in [-0.25, -0.2) is 4.98 Å². The normalized spacial score (nSPS) is 20.6. The molecule has 0 radical (unpaired) electrons. The number of carbonyl (C=O) groups excluding carboxylic acids is 1. The summed E-state index contributed by atoms with van der Waals surface area (Å²) in [6.45, 7) is 1.05. The zero-order valence-electron chi connectivity index (χ0n) is 9.60. The molecule has 1 unspecified atom stereocenters. The Morgan fingerprint density at radius 1 is 1.47 bits per heavy atom. The summed E-state index contributed by atoms with van der Waals surface area (Å²) >= 11 is 0. The van der Waals surface area contributed by atoms with Crippen LogP contribution in [0.15, 0.2) is 24.5 Å². The van der Waals surface area contributed by atoms with Crippen LogP contribution in [-0.4, -0.2) is 22.2 Å². The van der Waals surface area contributed by atoms with Gasteiger partial charge in [-0.2, -0.15) is 0 Å². The summed E-state index contributed by atoms with van der Waals surface area (Å²) in [5.74, 6) is 0. The Morgan fingerprint density at radius 2 is 2.41 bits per heavy atom. The monoisotopic (exact) mass is 229 g/mol. The fourth-order valence-electron chi connectivity index (χ4n) is 2.42. The number of hydrogen-bond donors (Lipinski definition) is 1. The van der Waals surface area contributed by atoms with Crippen LogP contribution in [0.25, 0.3) is 5.65 Å². The Morgan fingerprint density at radius 3 is 3.18 bits per heavy atom. The largest absolute Gasteiger partial charge is 0.309 e. The van der Waals surface area contributed by atoms with Gasteiger partial charge in [-0.05, 0) is 31.5 Å². The highest BCUT2D eigenvalue weighted by atomic mass is 16.1. The summed E-state index contributed by atoms with van der Waals surface area (Å²) in [5, 5.41) is 3.47. The standard InChI is InChI=1S/C13H15N3O/c17-9-10-4-3-7-16-8-12(15-13(10)16)11-5-1-2-6-14-11/h3-4,7-9,11,14H,1-2,5-6H2. The zero-order valence-corrected chi connectivity index (χ0v) is 9.60. The lowest BCUT2D eigenvalue weighted by atomic mass is 10.0. The lowest BCUT2D eigenvalue weighted by Gasteiger charge is -2.21. The molecular weight excluding hydrogens is 214 g/mol. The van der Waals surface area contributed by atoms with Crippen LogP contribution in [-0.2, 0) is 0 Å². The SMILES string of the molecule is O=Cc1cccn2cc(C3CCCCN3)nc12. The van der Waals surface area contributed by atoms with Crippen molar-refractivity contribution < 1.29 is 4.79 Å². The predicted octanol–water partition coefficient (Wildman–Crippen LogP) is 1.96. The van der Waals surface area contributed by atoms with Crippen LogP contribution in [0, 0.1) is 0 Å². The molecule has 0 saturated carbocycles. The molecule has 0 aliphatic carbocycles. The van der Waals surface area contributed by atoms with Gasteiger partial charge in [0, 0.05) is 12.4 Å². The maximum absolute atomic E-state index is 10.9. The highest BCUT2D eigenvalue weighted by molar-refractivity contribution is 5.84. The van der Waals surface area contributed by atoms with Crippen molar-refractivity contribution in [2.24, 2.45) is 0 Å². The zero-order chi connectivity index (χ0) is 11.7. The van der Waals surface area contributed by atoms with E-state index in [1.165, 1.54) is 12.8 Å². The van der Waals surface area contributed by atoms with E-state index in [1.54, 1.807) is 6.07 Å². The molecule has 1 aliphatic heterocycles. The van der Waals surface area contributed by atoms with Gasteiger partial charge in [0.05, 0.1) is 17.3 Å². The number of carbonyl (C=O) groups is 1. The van der Waals surface area contributed by atoms with Crippen LogP contribution < -0.4 is 5.32 Å². The van der Waals surface area contributed by atoms with E-state index in [0.29, 0.717) is 11.6 Å². The lowest BCUT2D eigenvalue weighted by Crippen LogP contribution is -2.26. The Hall–Kier alpha value is -1.68. The van der Waals surface area contributed by atoms with Gasteiger partial charge in [0.25, 0.3) is 0 Å². The summed E-state index contributed by atoms with van der Waals surface area (Å²) < 4.78 is 1.93. The predicted molar refractivity (Wildman–Crippen MR) is 65.2 cm³/mol. The van der Waals surface area contributed by atoms with Crippen LogP contribution in [0.2, 0.25) is 0 Å². The van der Waals surface area contributed by atoms with Gasteiger partial charge >= 0.3 is 0 Å². The van der Waals surface area contributed by atoms with E-state index in [-0.39, 0.29) is 0 Å². The quantitative estimate of drug-likeness (QED) is 0.801. The summed E-state index contributed by atoms with van der Waals surface area (Å²) in [6.07, 6.45) is 8.42. The third-order valence-corrected chi connectivity index (χ3v) is 3.33. The molecule has 2 aromatic rings. The molecule has 0 spiro atoms. The van der Waals surface area contributed by atoms with Crippen LogP contribution in [0.5, 0.6) is 0 Å². The average molecular weight is 229 g/mol. The van der Waals surface area contributed by atoms with Gasteiger partial charge in [-0.15, -0.1) is 0 Å². The van der Waals surface area contributed by atoms with Gasteiger partial charge in [0.1, 0.15) is 5.65 Å². The summed E-state index contributed by atoms with van der Waals surface area (Å²) in [5.41, 5.74) is 2.44. The molecule has 0 amide bonds. The van der Waals surface area contributed by atoms with Crippen molar-refractivity contribution >= 4 is 11.9 Å². The molecule has 1 atom stereocenters. The first-order valence-corrected chi connectivity index (χ1v) is 6.04. The molecule has 88 valence electrons. The second kappa shape index (κ2) is 4.30. The molecule has 0 bridgehead atoms. The van der Waals surface area contributed by atoms with E-state index in [1.807, 2.05) is 22.9 Å². The Labute approximate surface area is 99.7 Å². The van der Waals surface area contributed by atoms with Crippen molar-refractivity contribution in [1.82, 2.24) is 14.7 Å². The van der Waals surface area contributed by atoms with E-state index in [4.69, 9.17) is 0 Å². The van der Waals surface area contributed by atoms with Crippen LogP contribution in [0.1, 0.15) is 41.4 Å². The Kier molecular flexibility index (Phi) is 2.65. The van der Waals surface area contributed by atoms with Crippen LogP contribution in [0.3, 0.4) is 0 Å². The number of fused-ring (bicyclic) bond motifs is 1. The molecule has 4 nitrogen and oxygen atoms in total. The minimum absolute atomic E-state index is 0.336. The third-order valence-electron chi connectivity index (χ3n) is 3.33. The highest BCUT2D eigenvalue weighted by Crippen LogP contribution is 2.23. The molecule has 0 aromatic carbocycles. The van der Waals surface area contributed by atoms with Gasteiger partial charge in [-0.1, -0.05) is 6.42 Å². The van der Waals surface area contributed by atoms with E-state index in [9.17, 15) is 4.79 Å². The van der Waals surface area contributed by atoms with Crippen LogP contribution >= 0.6 is 0 Å². The van der Waals surface area contributed by atoms with E-state index < -0.39 is 0 Å². The van der Waals surface area contributed by atoms with E-state index in [2.05, 4.69) is 10.3 Å². The number of hydrogen-bond acceptors (Lipinski definition) is 3. The number of rotatable bonds is 2. The van der Waals surface area contributed by atoms with E-state index in [0.717, 1.165) is 30.6 Å². The second-order valence-corrected chi connectivity index (χ2v) is 4.48. The van der Waals surface area contributed by atoms with Crippen LogP contribution in [0.4, 0.5) is 0 Å². The first-order valence-electron chi connectivity index (χ1n) is 6.04. The van der Waals surface area contributed by atoms with Crippen molar-refractivity contribution in [3.63, 3.8) is 0 Å². The minimum Gasteiger partial charge on any atom is -0.309 e. The summed E-state index contributed by atoms with van der Waals surface area (Å²) in [7, 11) is 0. The minimum atomic E-state index is 0.336. The van der Waals surface area contributed by atoms with Gasteiger partial charge in [0.2, 0.25) is 0 Å². The second-order valence-electron chi connectivity index (χ2n) is 4.48. The van der Waals surface area contributed by atoms with Crippen molar-refractivity contribution in [3.05, 3.63) is 35.8 Å². The number of imidazole rings is 1. The lowest BCUT2D eigenvalue weighted by molar-refractivity contribution is 0.112. The number of nitrogens with zero attached hydrogens (tertiary/aromatic N) is 2. The van der Waals surface area contributed by atoms with Crippen molar-refractivity contribution in [3.8, 4) is 0 Å². The first kappa shape index (κ1) is 10.5. The average Bonchev–Trinajstić information content (AvgIpc) is 2.83. The molecule has 4 heteroatoms. The molecular formula is C13H15N3O. The number of pyridine rings is 1. The maximum atomic E-state index is 10.9. The number of aromatic nitrogens is 2. The molecule has 17 heavy (non-hydrogen) atoms. The molecule has 1 N–H and O–H groups in total. The smallest absolute Gasteiger partial charge is 0.153 e.